The van der Waals surface area contributed by atoms with Crippen LogP contribution in [0.1, 0.15) is 77.7 Å². The number of unbranched alkanes of at least 4 members (excludes halogenated alkanes) is 4. The van der Waals surface area contributed by atoms with Crippen molar-refractivity contribution in [2.24, 2.45) is 0 Å². The van der Waals surface area contributed by atoms with Crippen molar-refractivity contribution in [2.75, 3.05) is 0 Å². The van der Waals surface area contributed by atoms with Gasteiger partial charge in [0.2, 0.25) is 0 Å². The van der Waals surface area contributed by atoms with Crippen molar-refractivity contribution in [3.05, 3.63) is 48.0 Å². The molecule has 3 aromatic rings. The fourth-order valence-electron chi connectivity index (χ4n) is 4.10. The molecule has 170 valence electrons. The summed E-state index contributed by atoms with van der Waals surface area (Å²) in [6, 6.07) is 13.7. The number of fused-ring (bicyclic) bond motifs is 2. The van der Waals surface area contributed by atoms with Crippen LogP contribution < -0.4 is 9.47 Å². The van der Waals surface area contributed by atoms with Crippen molar-refractivity contribution in [3.63, 3.8) is 0 Å². The van der Waals surface area contributed by atoms with E-state index in [0.29, 0.717) is 24.3 Å². The second-order valence-corrected chi connectivity index (χ2v) is 8.26. The zero-order valence-corrected chi connectivity index (χ0v) is 19.5. The number of hydrogen-bond acceptors (Lipinski definition) is 4. The fourth-order valence-corrected chi connectivity index (χ4v) is 4.10. The summed E-state index contributed by atoms with van der Waals surface area (Å²) in [7, 11) is 0. The minimum absolute atomic E-state index is 0.222. The molecule has 3 aromatic carbocycles. The van der Waals surface area contributed by atoms with Gasteiger partial charge in [-0.2, -0.15) is 0 Å². The van der Waals surface area contributed by atoms with Crippen LogP contribution in [-0.2, 0) is 16.0 Å². The third-order valence-electron chi connectivity index (χ3n) is 5.82. The summed E-state index contributed by atoms with van der Waals surface area (Å²) in [5.74, 6) is 0.676. The predicted molar refractivity (Wildman–Crippen MR) is 130 cm³/mol. The van der Waals surface area contributed by atoms with E-state index in [-0.39, 0.29) is 11.9 Å². The van der Waals surface area contributed by atoms with Gasteiger partial charge in [0.05, 0.1) is 0 Å². The lowest BCUT2D eigenvalue weighted by Gasteiger charge is -2.18. The summed E-state index contributed by atoms with van der Waals surface area (Å²) >= 11 is 0. The Morgan fingerprint density at radius 1 is 0.656 bits per heavy atom. The molecule has 32 heavy (non-hydrogen) atoms. The van der Waals surface area contributed by atoms with E-state index in [4.69, 9.17) is 9.47 Å². The van der Waals surface area contributed by atoms with E-state index in [1.54, 1.807) is 0 Å². The van der Waals surface area contributed by atoms with E-state index in [0.717, 1.165) is 72.1 Å². The van der Waals surface area contributed by atoms with Crippen molar-refractivity contribution < 1.29 is 19.1 Å². The number of esters is 2. The van der Waals surface area contributed by atoms with Gasteiger partial charge in [-0.1, -0.05) is 88.9 Å². The summed E-state index contributed by atoms with van der Waals surface area (Å²) in [5, 5.41) is 3.24. The lowest BCUT2D eigenvalue weighted by Crippen LogP contribution is -2.11. The van der Waals surface area contributed by atoms with Crippen molar-refractivity contribution in [1.82, 2.24) is 0 Å². The van der Waals surface area contributed by atoms with Crippen molar-refractivity contribution >= 4 is 33.5 Å². The van der Waals surface area contributed by atoms with Crippen LogP contribution in [0.3, 0.4) is 0 Å². The highest BCUT2D eigenvalue weighted by atomic mass is 16.5. The van der Waals surface area contributed by atoms with Gasteiger partial charge in [0.15, 0.2) is 0 Å². The molecule has 0 atom stereocenters. The molecule has 0 amide bonds. The van der Waals surface area contributed by atoms with E-state index >= 15 is 0 Å². The second kappa shape index (κ2) is 11.7. The van der Waals surface area contributed by atoms with Crippen LogP contribution in [0.4, 0.5) is 0 Å². The molecule has 0 bridgehead atoms. The second-order valence-electron chi connectivity index (χ2n) is 8.26. The third-order valence-corrected chi connectivity index (χ3v) is 5.82. The van der Waals surface area contributed by atoms with Gasteiger partial charge < -0.3 is 9.47 Å². The molecule has 0 saturated heterocycles. The molecule has 4 heteroatoms. The van der Waals surface area contributed by atoms with E-state index in [1.165, 1.54) is 0 Å². The van der Waals surface area contributed by atoms with Gasteiger partial charge >= 0.3 is 11.9 Å². The van der Waals surface area contributed by atoms with Crippen LogP contribution in [-0.4, -0.2) is 11.9 Å². The summed E-state index contributed by atoms with van der Waals surface area (Å²) < 4.78 is 11.9. The molecular formula is C28H34O4. The highest BCUT2D eigenvalue weighted by Crippen LogP contribution is 2.44. The number of hydrogen-bond donors (Lipinski definition) is 0. The maximum atomic E-state index is 12.7. The van der Waals surface area contributed by atoms with Crippen LogP contribution in [0.2, 0.25) is 0 Å². The zero-order chi connectivity index (χ0) is 22.9. The van der Waals surface area contributed by atoms with Crippen molar-refractivity contribution in [2.45, 2.75) is 78.6 Å². The largest absolute Gasteiger partial charge is 0.425 e. The number of benzene rings is 3. The molecule has 0 radical (unpaired) electrons. The molecule has 0 spiro atoms. The Morgan fingerprint density at radius 3 is 1.75 bits per heavy atom. The highest BCUT2D eigenvalue weighted by molar-refractivity contribution is 6.13. The van der Waals surface area contributed by atoms with Crippen molar-refractivity contribution in [3.8, 4) is 11.5 Å². The van der Waals surface area contributed by atoms with E-state index < -0.39 is 0 Å². The van der Waals surface area contributed by atoms with Crippen LogP contribution in [0, 0.1) is 0 Å². The Kier molecular flexibility index (Phi) is 8.66. The van der Waals surface area contributed by atoms with Gasteiger partial charge in [0, 0.05) is 34.4 Å². The Morgan fingerprint density at radius 2 is 1.19 bits per heavy atom. The molecule has 0 heterocycles. The zero-order valence-electron chi connectivity index (χ0n) is 19.5. The number of carbonyl (C=O) groups excluding carboxylic acids is 2. The first kappa shape index (κ1) is 23.8. The van der Waals surface area contributed by atoms with Crippen LogP contribution in [0.15, 0.2) is 42.5 Å². The molecule has 0 saturated carbocycles. The number of aryl methyl sites for hydroxylation is 1. The highest BCUT2D eigenvalue weighted by Gasteiger charge is 2.21. The van der Waals surface area contributed by atoms with E-state index in [2.05, 4.69) is 20.8 Å². The number of rotatable bonds is 11. The molecule has 0 aliphatic heterocycles. The quantitative estimate of drug-likeness (QED) is 0.135. The maximum Gasteiger partial charge on any atom is 0.311 e. The monoisotopic (exact) mass is 434 g/mol. The molecule has 0 aromatic heterocycles. The van der Waals surface area contributed by atoms with Gasteiger partial charge in [-0.25, -0.2) is 0 Å². The lowest BCUT2D eigenvalue weighted by atomic mass is 9.96. The SMILES string of the molecule is CCCCCC(=O)Oc1c2ccccc2c(OC(=O)CCCCC)c2c(CC)cccc12. The lowest BCUT2D eigenvalue weighted by molar-refractivity contribution is -0.135. The van der Waals surface area contributed by atoms with Gasteiger partial charge in [-0.05, 0) is 24.8 Å². The topological polar surface area (TPSA) is 52.6 Å². The van der Waals surface area contributed by atoms with Gasteiger partial charge in [-0.3, -0.25) is 9.59 Å². The Labute approximate surface area is 190 Å². The van der Waals surface area contributed by atoms with Gasteiger partial charge in [0.25, 0.3) is 0 Å². The minimum Gasteiger partial charge on any atom is -0.425 e. The normalized spacial score (nSPS) is 11.1. The molecule has 4 nitrogen and oxygen atoms in total. The summed E-state index contributed by atoms with van der Waals surface area (Å²) in [4.78, 5) is 25.3. The van der Waals surface area contributed by atoms with Crippen LogP contribution >= 0.6 is 0 Å². The molecule has 0 unspecified atom stereocenters. The first-order chi connectivity index (χ1) is 15.6. The molecule has 3 rings (SSSR count). The standard InChI is InChI=1S/C28H34O4/c1-4-7-9-18-24(29)31-27-21-15-11-12-16-22(21)28(32-25(30)19-10-8-5-2)26-20(6-3)14-13-17-23(26)27/h11-17H,4-10,18-19H2,1-3H3. The predicted octanol–water partition coefficient (Wildman–Crippen LogP) is 7.53. The summed E-state index contributed by atoms with van der Waals surface area (Å²) in [6.45, 7) is 6.30. The van der Waals surface area contributed by atoms with Crippen LogP contribution in [0.5, 0.6) is 11.5 Å². The minimum atomic E-state index is -0.226. The Bertz CT molecular complexity index is 1080. The Hall–Kier alpha value is -2.88. The van der Waals surface area contributed by atoms with Gasteiger partial charge in [0.1, 0.15) is 11.5 Å². The third kappa shape index (κ3) is 5.48. The van der Waals surface area contributed by atoms with Crippen molar-refractivity contribution in [1.29, 1.82) is 0 Å². The average molecular weight is 435 g/mol. The summed E-state index contributed by atoms with van der Waals surface area (Å²) in [6.07, 6.45) is 7.32. The smallest absolute Gasteiger partial charge is 0.311 e. The first-order valence-electron chi connectivity index (χ1n) is 12.0. The number of ether oxygens (including phenoxy) is 2. The maximum absolute atomic E-state index is 12.7. The number of carbonyl (C=O) groups is 2. The molecule has 0 N–H and O–H groups in total. The molecule has 0 aliphatic rings. The summed E-state index contributed by atoms with van der Waals surface area (Å²) in [5.41, 5.74) is 1.06. The average Bonchev–Trinajstić information content (AvgIpc) is 2.81. The molecule has 0 aliphatic carbocycles. The van der Waals surface area contributed by atoms with Gasteiger partial charge in [-0.15, -0.1) is 0 Å². The van der Waals surface area contributed by atoms with E-state index in [1.807, 2.05) is 42.5 Å². The van der Waals surface area contributed by atoms with E-state index in [9.17, 15) is 9.59 Å². The first-order valence-corrected chi connectivity index (χ1v) is 12.0. The Balaban J connectivity index is 2.12. The molecule has 0 fully saturated rings. The molecular weight excluding hydrogens is 400 g/mol. The van der Waals surface area contributed by atoms with Crippen LogP contribution in [0.25, 0.3) is 21.5 Å². The fraction of sp³-hybridized carbons (Fsp3) is 0.429.